The van der Waals surface area contributed by atoms with Gasteiger partial charge in [0.1, 0.15) is 5.76 Å². The fourth-order valence-corrected chi connectivity index (χ4v) is 2.40. The Bertz CT molecular complexity index is 841. The van der Waals surface area contributed by atoms with E-state index in [1.807, 2.05) is 0 Å². The molecule has 0 saturated heterocycles. The van der Waals surface area contributed by atoms with Crippen LogP contribution in [0.5, 0.6) is 23.0 Å². The minimum absolute atomic E-state index is 0.0473. The highest BCUT2D eigenvalue weighted by Crippen LogP contribution is 2.41. The average Bonchev–Trinajstić information content (AvgIpc) is 2.51. The largest absolute Gasteiger partial charge is 0.504 e. The van der Waals surface area contributed by atoms with Gasteiger partial charge >= 0.3 is 0 Å². The number of hydrogen-bond donors (Lipinski definition) is 4. The van der Waals surface area contributed by atoms with Gasteiger partial charge in [0.05, 0.1) is 13.0 Å². The maximum Gasteiger partial charge on any atom is 0.227 e. The van der Waals surface area contributed by atoms with Gasteiger partial charge < -0.3 is 30.2 Å². The molecule has 8 nitrogen and oxygen atoms in total. The first kappa shape index (κ1) is 17.2. The van der Waals surface area contributed by atoms with Crippen LogP contribution in [0.3, 0.4) is 0 Å². The molecule has 2 aromatic rings. The summed E-state index contributed by atoms with van der Waals surface area (Å²) in [6.45, 7) is 1.51. The van der Waals surface area contributed by atoms with Crippen LogP contribution >= 0.6 is 0 Å². The van der Waals surface area contributed by atoms with E-state index in [1.165, 1.54) is 26.2 Å². The third-order valence-electron chi connectivity index (χ3n) is 3.49. The topological polar surface area (TPSA) is 143 Å². The second kappa shape index (κ2) is 6.53. The molecule has 24 heavy (non-hydrogen) atoms. The van der Waals surface area contributed by atoms with Crippen molar-refractivity contribution in [3.63, 3.8) is 0 Å². The minimum Gasteiger partial charge on any atom is -0.504 e. The van der Waals surface area contributed by atoms with Crippen molar-refractivity contribution in [3.8, 4) is 23.0 Å². The van der Waals surface area contributed by atoms with Gasteiger partial charge in [0.25, 0.3) is 0 Å². The van der Waals surface area contributed by atoms with Crippen molar-refractivity contribution in [1.82, 2.24) is 0 Å². The molecule has 1 heterocycles. The Kier molecular flexibility index (Phi) is 4.68. The molecule has 0 fully saturated rings. The molecule has 1 atom stereocenters. The molecule has 5 N–H and O–H groups in total. The lowest BCUT2D eigenvalue weighted by atomic mass is 9.91. The summed E-state index contributed by atoms with van der Waals surface area (Å²) >= 11 is 0. The van der Waals surface area contributed by atoms with Crippen LogP contribution in [0.4, 0.5) is 0 Å². The van der Waals surface area contributed by atoms with E-state index in [-0.39, 0.29) is 29.3 Å². The van der Waals surface area contributed by atoms with Gasteiger partial charge in [-0.05, 0) is 24.6 Å². The number of nitrogens with two attached hydrogens (primary N) is 1. The van der Waals surface area contributed by atoms with Crippen molar-refractivity contribution >= 4 is 5.91 Å². The first-order valence-corrected chi connectivity index (χ1v) is 6.96. The molecule has 0 bridgehead atoms. The van der Waals surface area contributed by atoms with Gasteiger partial charge in [-0.3, -0.25) is 9.59 Å². The van der Waals surface area contributed by atoms with Crippen LogP contribution in [-0.4, -0.2) is 28.3 Å². The van der Waals surface area contributed by atoms with Crippen LogP contribution in [0.15, 0.2) is 27.4 Å². The van der Waals surface area contributed by atoms with Crippen LogP contribution in [0.25, 0.3) is 0 Å². The van der Waals surface area contributed by atoms with Crippen molar-refractivity contribution in [2.45, 2.75) is 19.3 Å². The third kappa shape index (κ3) is 3.27. The van der Waals surface area contributed by atoms with Crippen LogP contribution in [0.2, 0.25) is 0 Å². The Morgan fingerprint density at radius 3 is 2.50 bits per heavy atom. The Morgan fingerprint density at radius 2 is 1.92 bits per heavy atom. The minimum atomic E-state index is -0.949. The summed E-state index contributed by atoms with van der Waals surface area (Å²) in [7, 11) is 1.28. The number of ether oxygens (including phenoxy) is 1. The fourth-order valence-electron chi connectivity index (χ4n) is 2.40. The number of rotatable bonds is 5. The zero-order valence-corrected chi connectivity index (χ0v) is 13.1. The summed E-state index contributed by atoms with van der Waals surface area (Å²) in [5.41, 5.74) is 4.85. The van der Waals surface area contributed by atoms with Gasteiger partial charge in [-0.1, -0.05) is 0 Å². The van der Waals surface area contributed by atoms with Crippen LogP contribution in [-0.2, 0) is 4.79 Å². The molecule has 0 aliphatic rings. The standard InChI is InChI=1S/C16H17NO7/c1-7-3-10(18)15(22)16(24-7)9(6-13(17)20)8-4-11(19)14(21)12(5-8)23-2/h3-5,9,19,21-22H,6H2,1-2H3,(H2,17,20). The molecular formula is C16H17NO7. The molecule has 1 aromatic carbocycles. The molecule has 2 rings (SSSR count). The summed E-state index contributed by atoms with van der Waals surface area (Å²) in [5.74, 6) is -3.26. The number of carbonyl (C=O) groups excluding carboxylic acids is 1. The number of phenols is 2. The molecule has 8 heteroatoms. The van der Waals surface area contributed by atoms with E-state index in [9.17, 15) is 24.9 Å². The molecular weight excluding hydrogens is 318 g/mol. The van der Waals surface area contributed by atoms with E-state index in [0.29, 0.717) is 0 Å². The predicted octanol–water partition coefficient (Wildman–Crippen LogP) is 1.08. The Balaban J connectivity index is 2.69. The van der Waals surface area contributed by atoms with Crippen molar-refractivity contribution in [2.75, 3.05) is 7.11 Å². The molecule has 0 aliphatic heterocycles. The zero-order chi connectivity index (χ0) is 18.0. The van der Waals surface area contributed by atoms with Crippen LogP contribution in [0, 0.1) is 6.92 Å². The SMILES string of the molecule is COc1cc(C(CC(N)=O)c2oc(C)cc(=O)c2O)cc(O)c1O. The second-order valence-electron chi connectivity index (χ2n) is 5.25. The summed E-state index contributed by atoms with van der Waals surface area (Å²) in [6, 6.07) is 3.63. The number of benzene rings is 1. The van der Waals surface area contributed by atoms with Gasteiger partial charge in [-0.2, -0.15) is 0 Å². The number of carbonyl (C=O) groups is 1. The van der Waals surface area contributed by atoms with E-state index in [1.54, 1.807) is 0 Å². The predicted molar refractivity (Wildman–Crippen MR) is 83.4 cm³/mol. The van der Waals surface area contributed by atoms with Gasteiger partial charge in [-0.25, -0.2) is 0 Å². The molecule has 1 amide bonds. The number of aryl methyl sites for hydroxylation is 1. The Labute approximate surface area is 136 Å². The second-order valence-corrected chi connectivity index (χ2v) is 5.25. The van der Waals surface area contributed by atoms with E-state index < -0.39 is 34.5 Å². The average molecular weight is 335 g/mol. The van der Waals surface area contributed by atoms with Gasteiger partial charge in [0.15, 0.2) is 17.3 Å². The number of methoxy groups -OCH3 is 1. The smallest absolute Gasteiger partial charge is 0.227 e. The normalized spacial score (nSPS) is 11.9. The highest BCUT2D eigenvalue weighted by Gasteiger charge is 2.27. The van der Waals surface area contributed by atoms with Gasteiger partial charge in [0, 0.05) is 12.5 Å². The number of hydrogen-bond acceptors (Lipinski definition) is 7. The number of primary amides is 1. The maximum atomic E-state index is 11.8. The summed E-state index contributed by atoms with van der Waals surface area (Å²) < 4.78 is 10.4. The van der Waals surface area contributed by atoms with E-state index in [2.05, 4.69) is 0 Å². The van der Waals surface area contributed by atoms with Crippen molar-refractivity contribution in [1.29, 1.82) is 0 Å². The Hall–Kier alpha value is -3.16. The highest BCUT2D eigenvalue weighted by atomic mass is 16.5. The van der Waals surface area contributed by atoms with Crippen molar-refractivity contribution in [2.24, 2.45) is 5.73 Å². The molecule has 1 unspecified atom stereocenters. The lowest BCUT2D eigenvalue weighted by Crippen LogP contribution is -2.18. The maximum absolute atomic E-state index is 11.8. The molecule has 0 aliphatic carbocycles. The first-order valence-electron chi connectivity index (χ1n) is 6.96. The van der Waals surface area contributed by atoms with E-state index in [4.69, 9.17) is 14.9 Å². The summed E-state index contributed by atoms with van der Waals surface area (Å²) in [6.07, 6.45) is -0.298. The van der Waals surface area contributed by atoms with Crippen molar-refractivity contribution < 1.29 is 29.3 Å². The number of phenolic OH excluding ortho intramolecular Hbond substituents is 2. The van der Waals surface area contributed by atoms with Gasteiger partial charge in [-0.15, -0.1) is 0 Å². The Morgan fingerprint density at radius 1 is 1.25 bits per heavy atom. The zero-order valence-electron chi connectivity index (χ0n) is 13.1. The molecule has 0 radical (unpaired) electrons. The van der Waals surface area contributed by atoms with E-state index in [0.717, 1.165) is 6.07 Å². The highest BCUT2D eigenvalue weighted by molar-refractivity contribution is 5.75. The first-order chi connectivity index (χ1) is 11.2. The summed E-state index contributed by atoms with van der Waals surface area (Å²) in [4.78, 5) is 23.2. The summed E-state index contributed by atoms with van der Waals surface area (Å²) in [5, 5.41) is 29.5. The third-order valence-corrected chi connectivity index (χ3v) is 3.49. The van der Waals surface area contributed by atoms with Crippen LogP contribution in [0.1, 0.15) is 29.4 Å². The van der Waals surface area contributed by atoms with Crippen molar-refractivity contribution in [3.05, 3.63) is 45.5 Å². The molecule has 128 valence electrons. The molecule has 1 aromatic heterocycles. The lowest BCUT2D eigenvalue weighted by Gasteiger charge is -2.18. The molecule has 0 saturated carbocycles. The quantitative estimate of drug-likeness (QED) is 0.599. The fraction of sp³-hybridized carbons (Fsp3) is 0.250. The molecule has 0 spiro atoms. The number of amides is 1. The van der Waals surface area contributed by atoms with E-state index >= 15 is 0 Å². The monoisotopic (exact) mass is 335 g/mol. The van der Waals surface area contributed by atoms with Crippen LogP contribution < -0.4 is 15.9 Å². The number of aromatic hydroxyl groups is 3. The van der Waals surface area contributed by atoms with Gasteiger partial charge in [0.2, 0.25) is 22.8 Å². The lowest BCUT2D eigenvalue weighted by molar-refractivity contribution is -0.118.